The van der Waals surface area contributed by atoms with Crippen LogP contribution in [0.1, 0.15) is 33.1 Å². The van der Waals surface area contributed by atoms with Gasteiger partial charge in [0.2, 0.25) is 0 Å². The first-order chi connectivity index (χ1) is 16.5. The number of allylic oxidation sites excluding steroid dienone is 2. The summed E-state index contributed by atoms with van der Waals surface area (Å²) in [5.41, 5.74) is 7.22. The molecule has 0 spiro atoms. The van der Waals surface area contributed by atoms with E-state index in [2.05, 4.69) is 30.0 Å². The summed E-state index contributed by atoms with van der Waals surface area (Å²) in [7, 11) is 4.37. The van der Waals surface area contributed by atoms with Crippen LogP contribution in [0.25, 0.3) is 6.08 Å². The molecule has 5 heteroatoms. The van der Waals surface area contributed by atoms with Crippen LogP contribution in [-0.2, 0) is 9.84 Å². The van der Waals surface area contributed by atoms with Crippen LogP contribution in [0.3, 0.4) is 0 Å². The fraction of sp³-hybridized carbons (Fsp3) is 0.267. The molecule has 0 heterocycles. The van der Waals surface area contributed by atoms with E-state index < -0.39 is 15.1 Å². The van der Waals surface area contributed by atoms with E-state index in [0.717, 1.165) is 33.6 Å². The van der Waals surface area contributed by atoms with E-state index in [0.29, 0.717) is 4.90 Å². The molecular weight excluding hydrogens is 452 g/mol. The average Bonchev–Trinajstić information content (AvgIpc) is 2.80. The first kappa shape index (κ1) is 26.3. The van der Waals surface area contributed by atoms with Gasteiger partial charge in [-0.3, -0.25) is 0 Å². The number of aryl methyl sites for hydroxylation is 3. The van der Waals surface area contributed by atoms with Crippen molar-refractivity contribution in [1.29, 1.82) is 0 Å². The van der Waals surface area contributed by atoms with Gasteiger partial charge < -0.3 is 9.80 Å². The number of sulfone groups is 1. The van der Waals surface area contributed by atoms with E-state index in [9.17, 15) is 8.42 Å². The minimum atomic E-state index is -3.63. The van der Waals surface area contributed by atoms with Crippen molar-refractivity contribution >= 4 is 27.3 Å². The van der Waals surface area contributed by atoms with Gasteiger partial charge in [0.15, 0.2) is 9.84 Å². The Morgan fingerprint density at radius 3 is 1.83 bits per heavy atom. The highest BCUT2D eigenvalue weighted by Gasteiger charge is 2.28. The van der Waals surface area contributed by atoms with Gasteiger partial charge in [-0.25, -0.2) is 8.42 Å². The van der Waals surface area contributed by atoms with E-state index >= 15 is 0 Å². The summed E-state index contributed by atoms with van der Waals surface area (Å²) in [4.78, 5) is 4.42. The third kappa shape index (κ3) is 6.23. The minimum absolute atomic E-state index is 0.327. The molecule has 0 aromatic heterocycles. The summed E-state index contributed by atoms with van der Waals surface area (Å²) >= 11 is 0. The van der Waals surface area contributed by atoms with Gasteiger partial charge in [-0.2, -0.15) is 0 Å². The molecule has 35 heavy (non-hydrogen) atoms. The molecule has 0 radical (unpaired) electrons. The zero-order chi connectivity index (χ0) is 25.8. The molecule has 0 aliphatic carbocycles. The smallest absolute Gasteiger partial charge is 0.188 e. The molecular formula is C30H36N2O2S. The van der Waals surface area contributed by atoms with Crippen LogP contribution in [0.4, 0.5) is 11.4 Å². The molecule has 184 valence electrons. The normalized spacial score (nSPS) is 12.9. The molecule has 4 nitrogen and oxygen atoms in total. The summed E-state index contributed by atoms with van der Waals surface area (Å²) in [5.74, 6) is 0. The summed E-state index contributed by atoms with van der Waals surface area (Å²) in [6.07, 6.45) is 7.56. The Hall–Kier alpha value is -3.31. The van der Waals surface area contributed by atoms with Gasteiger partial charge in [-0.15, -0.1) is 0 Å². The fourth-order valence-corrected chi connectivity index (χ4v) is 5.66. The van der Waals surface area contributed by atoms with Gasteiger partial charge in [0.05, 0.1) is 4.90 Å². The summed E-state index contributed by atoms with van der Waals surface area (Å²) < 4.78 is 27.5. The molecule has 0 fully saturated rings. The third-order valence-electron chi connectivity index (χ3n) is 6.20. The van der Waals surface area contributed by atoms with Crippen molar-refractivity contribution < 1.29 is 8.42 Å². The molecule has 0 saturated heterocycles. The highest BCUT2D eigenvalue weighted by Crippen LogP contribution is 2.34. The molecule has 1 atom stereocenters. The zero-order valence-corrected chi connectivity index (χ0v) is 22.6. The fourth-order valence-electron chi connectivity index (χ4n) is 3.96. The standard InChI is InChI=1S/C30H36N2O2S/c1-22-12-17-28(18-13-22)35(33,34)30(29-19-16-27(32(6)7)21-24(29)3)11-9-8-10-25-14-15-26(31(4)5)20-23(25)2/h8-21,30H,1-7H3. The van der Waals surface area contributed by atoms with Crippen molar-refractivity contribution in [1.82, 2.24) is 0 Å². The lowest BCUT2D eigenvalue weighted by atomic mass is 10.0. The SMILES string of the molecule is Cc1ccc(S(=O)(=O)C(C=CC=Cc2ccc(N(C)C)cc2C)c2ccc(N(C)C)cc2C)cc1. The Morgan fingerprint density at radius 2 is 1.29 bits per heavy atom. The van der Waals surface area contributed by atoms with Crippen molar-refractivity contribution in [3.63, 3.8) is 0 Å². The van der Waals surface area contributed by atoms with Gasteiger partial charge >= 0.3 is 0 Å². The van der Waals surface area contributed by atoms with Crippen molar-refractivity contribution in [3.8, 4) is 0 Å². The quantitative estimate of drug-likeness (QED) is 0.338. The van der Waals surface area contributed by atoms with Crippen molar-refractivity contribution in [2.45, 2.75) is 30.9 Å². The van der Waals surface area contributed by atoms with Gasteiger partial charge in [0.1, 0.15) is 5.25 Å². The molecule has 0 aliphatic heterocycles. The van der Waals surface area contributed by atoms with Crippen LogP contribution in [0.5, 0.6) is 0 Å². The molecule has 0 amide bonds. The Labute approximate surface area is 211 Å². The molecule has 3 aromatic carbocycles. The van der Waals surface area contributed by atoms with Crippen LogP contribution >= 0.6 is 0 Å². The molecule has 0 aliphatic rings. The first-order valence-corrected chi connectivity index (χ1v) is 13.3. The van der Waals surface area contributed by atoms with Crippen LogP contribution < -0.4 is 9.80 Å². The van der Waals surface area contributed by atoms with E-state index in [4.69, 9.17) is 0 Å². The van der Waals surface area contributed by atoms with Crippen LogP contribution in [-0.4, -0.2) is 36.6 Å². The highest BCUT2D eigenvalue weighted by atomic mass is 32.2. The zero-order valence-electron chi connectivity index (χ0n) is 21.8. The lowest BCUT2D eigenvalue weighted by molar-refractivity contribution is 0.590. The van der Waals surface area contributed by atoms with E-state index in [1.165, 1.54) is 5.56 Å². The molecule has 3 aromatic rings. The number of hydrogen-bond acceptors (Lipinski definition) is 4. The maximum Gasteiger partial charge on any atom is 0.188 e. The maximum atomic E-state index is 13.7. The maximum absolute atomic E-state index is 13.7. The van der Waals surface area contributed by atoms with E-state index in [-0.39, 0.29) is 0 Å². The van der Waals surface area contributed by atoms with Crippen LogP contribution in [0.15, 0.2) is 83.8 Å². The molecule has 0 bridgehead atoms. The van der Waals surface area contributed by atoms with Crippen molar-refractivity contribution in [3.05, 3.63) is 107 Å². The summed E-state index contributed by atoms with van der Waals surface area (Å²) in [6.45, 7) is 6.01. The number of hydrogen-bond donors (Lipinski definition) is 0. The van der Waals surface area contributed by atoms with Gasteiger partial charge in [-0.05, 0) is 79.4 Å². The minimum Gasteiger partial charge on any atom is -0.378 e. The summed E-state index contributed by atoms with van der Waals surface area (Å²) in [6, 6.07) is 19.3. The average molecular weight is 489 g/mol. The first-order valence-electron chi connectivity index (χ1n) is 11.7. The van der Waals surface area contributed by atoms with Crippen LogP contribution in [0.2, 0.25) is 0 Å². The Morgan fingerprint density at radius 1 is 0.714 bits per heavy atom. The van der Waals surface area contributed by atoms with Crippen LogP contribution in [0, 0.1) is 20.8 Å². The second kappa shape index (κ2) is 11.0. The monoisotopic (exact) mass is 488 g/mol. The van der Waals surface area contributed by atoms with E-state index in [1.807, 2.05) is 95.5 Å². The Kier molecular flexibility index (Phi) is 8.23. The molecule has 0 saturated carbocycles. The largest absolute Gasteiger partial charge is 0.378 e. The summed E-state index contributed by atoms with van der Waals surface area (Å²) in [5, 5.41) is -0.789. The molecule has 3 rings (SSSR count). The number of rotatable bonds is 8. The lowest BCUT2D eigenvalue weighted by Gasteiger charge is -2.20. The predicted octanol–water partition coefficient (Wildman–Crippen LogP) is 6.53. The van der Waals surface area contributed by atoms with Crippen molar-refractivity contribution in [2.75, 3.05) is 38.0 Å². The Bertz CT molecular complexity index is 1340. The predicted molar refractivity (Wildman–Crippen MR) is 150 cm³/mol. The topological polar surface area (TPSA) is 40.6 Å². The lowest BCUT2D eigenvalue weighted by Crippen LogP contribution is -2.14. The third-order valence-corrected chi connectivity index (χ3v) is 8.21. The number of nitrogens with zero attached hydrogens (tertiary/aromatic N) is 2. The van der Waals surface area contributed by atoms with Crippen molar-refractivity contribution in [2.24, 2.45) is 0 Å². The highest BCUT2D eigenvalue weighted by molar-refractivity contribution is 7.91. The van der Waals surface area contributed by atoms with E-state index in [1.54, 1.807) is 18.2 Å². The second-order valence-corrected chi connectivity index (χ2v) is 11.5. The molecule has 1 unspecified atom stereocenters. The van der Waals surface area contributed by atoms with Gasteiger partial charge in [0, 0.05) is 39.6 Å². The second-order valence-electron chi connectivity index (χ2n) is 9.39. The van der Waals surface area contributed by atoms with Gasteiger partial charge in [0.25, 0.3) is 0 Å². The number of anilines is 2. The Balaban J connectivity index is 2.00. The molecule has 0 N–H and O–H groups in total. The van der Waals surface area contributed by atoms with Gasteiger partial charge in [-0.1, -0.05) is 54.1 Å². The number of benzene rings is 3.